The maximum absolute atomic E-state index is 10.9. The fraction of sp³-hybridized carbons (Fsp3) is 0.364. The summed E-state index contributed by atoms with van der Waals surface area (Å²) in [6.45, 7) is 1.01. The quantitative estimate of drug-likeness (QED) is 0.687. The molecular weight excluding hydrogens is 194 g/mol. The van der Waals surface area contributed by atoms with E-state index in [0.29, 0.717) is 18.7 Å². The van der Waals surface area contributed by atoms with Crippen LogP contribution in [0.15, 0.2) is 30.3 Å². The van der Waals surface area contributed by atoms with E-state index in [1.54, 1.807) is 31.3 Å². The van der Waals surface area contributed by atoms with Crippen LogP contribution in [-0.2, 0) is 9.53 Å². The lowest BCUT2D eigenvalue weighted by Crippen LogP contribution is -2.21. The Hall–Kier alpha value is -1.39. The molecule has 0 amide bonds. The van der Waals surface area contributed by atoms with Crippen molar-refractivity contribution < 1.29 is 14.6 Å². The van der Waals surface area contributed by atoms with E-state index in [-0.39, 0.29) is 0 Å². The van der Waals surface area contributed by atoms with Gasteiger partial charge in [-0.3, -0.25) is 0 Å². The summed E-state index contributed by atoms with van der Waals surface area (Å²) in [6.07, 6.45) is -0.875. The Morgan fingerprint density at radius 1 is 1.47 bits per heavy atom. The highest BCUT2D eigenvalue weighted by Crippen LogP contribution is 2.16. The average Bonchev–Trinajstić information content (AvgIpc) is 2.25. The second-order valence-electron chi connectivity index (χ2n) is 3.10. The minimum absolute atomic E-state index is 0.377. The molecule has 2 N–H and O–H groups in total. The van der Waals surface area contributed by atoms with E-state index in [1.165, 1.54) is 0 Å². The standard InChI is InChI=1S/C11H15NO3/c1-12-7-8-15-10(11(13)14)9-5-3-2-4-6-9/h2-6,10,12H,7-8H2,1H3,(H,13,14). The van der Waals surface area contributed by atoms with Gasteiger partial charge in [-0.25, -0.2) is 4.79 Å². The zero-order valence-corrected chi connectivity index (χ0v) is 8.64. The molecule has 0 radical (unpaired) electrons. The molecule has 0 aliphatic carbocycles. The summed E-state index contributed by atoms with van der Waals surface area (Å²) in [6, 6.07) is 8.94. The van der Waals surface area contributed by atoms with Crippen molar-refractivity contribution in [1.29, 1.82) is 0 Å². The molecule has 0 aliphatic rings. The highest BCUT2D eigenvalue weighted by Gasteiger charge is 2.19. The number of carbonyl (C=O) groups is 1. The van der Waals surface area contributed by atoms with Gasteiger partial charge in [0.25, 0.3) is 0 Å². The molecule has 1 atom stereocenters. The fourth-order valence-electron chi connectivity index (χ4n) is 1.22. The van der Waals surface area contributed by atoms with Crippen molar-refractivity contribution >= 4 is 5.97 Å². The van der Waals surface area contributed by atoms with Crippen molar-refractivity contribution in [3.8, 4) is 0 Å². The maximum atomic E-state index is 10.9. The SMILES string of the molecule is CNCCOC(C(=O)O)c1ccccc1. The monoisotopic (exact) mass is 209 g/mol. The van der Waals surface area contributed by atoms with Crippen LogP contribution in [0.25, 0.3) is 0 Å². The second kappa shape index (κ2) is 6.16. The number of benzene rings is 1. The molecule has 0 bridgehead atoms. The van der Waals surface area contributed by atoms with Gasteiger partial charge in [-0.05, 0) is 12.6 Å². The van der Waals surface area contributed by atoms with Crippen LogP contribution in [0.4, 0.5) is 0 Å². The van der Waals surface area contributed by atoms with Crippen LogP contribution in [0.3, 0.4) is 0 Å². The number of carboxylic acids is 1. The van der Waals surface area contributed by atoms with Crippen molar-refractivity contribution in [1.82, 2.24) is 5.32 Å². The highest BCUT2D eigenvalue weighted by atomic mass is 16.5. The van der Waals surface area contributed by atoms with Gasteiger partial charge in [0.1, 0.15) is 0 Å². The normalized spacial score (nSPS) is 12.3. The molecule has 0 aliphatic heterocycles. The Bertz CT molecular complexity index is 300. The third kappa shape index (κ3) is 3.69. The molecule has 0 heterocycles. The zero-order chi connectivity index (χ0) is 11.1. The molecule has 0 spiro atoms. The fourth-order valence-corrected chi connectivity index (χ4v) is 1.22. The van der Waals surface area contributed by atoms with E-state index in [9.17, 15) is 4.79 Å². The predicted octanol–water partition coefficient (Wildman–Crippen LogP) is 1.05. The van der Waals surface area contributed by atoms with Gasteiger partial charge in [0, 0.05) is 6.54 Å². The summed E-state index contributed by atoms with van der Waals surface area (Å²) in [4.78, 5) is 10.9. The van der Waals surface area contributed by atoms with Gasteiger partial charge < -0.3 is 15.2 Å². The first-order chi connectivity index (χ1) is 7.25. The molecule has 82 valence electrons. The van der Waals surface area contributed by atoms with Crippen LogP contribution < -0.4 is 5.32 Å². The number of hydrogen-bond acceptors (Lipinski definition) is 3. The van der Waals surface area contributed by atoms with Crippen LogP contribution in [0, 0.1) is 0 Å². The Morgan fingerprint density at radius 3 is 2.67 bits per heavy atom. The number of rotatable bonds is 6. The van der Waals surface area contributed by atoms with E-state index in [4.69, 9.17) is 9.84 Å². The first-order valence-corrected chi connectivity index (χ1v) is 4.79. The zero-order valence-electron chi connectivity index (χ0n) is 8.64. The topological polar surface area (TPSA) is 58.6 Å². The van der Waals surface area contributed by atoms with Crippen LogP contribution in [0.2, 0.25) is 0 Å². The van der Waals surface area contributed by atoms with Crippen molar-refractivity contribution in [2.45, 2.75) is 6.10 Å². The summed E-state index contributed by atoms with van der Waals surface area (Å²) in [5.74, 6) is -0.961. The number of hydrogen-bond donors (Lipinski definition) is 2. The van der Waals surface area contributed by atoms with Crippen LogP contribution in [0.1, 0.15) is 11.7 Å². The number of aliphatic carboxylic acids is 1. The molecule has 4 heteroatoms. The Labute approximate surface area is 88.9 Å². The first-order valence-electron chi connectivity index (χ1n) is 4.79. The van der Waals surface area contributed by atoms with Crippen molar-refractivity contribution in [2.75, 3.05) is 20.2 Å². The van der Waals surface area contributed by atoms with Gasteiger partial charge >= 0.3 is 5.97 Å². The van der Waals surface area contributed by atoms with Crippen molar-refractivity contribution in [3.63, 3.8) is 0 Å². The minimum atomic E-state index is -0.961. The van der Waals surface area contributed by atoms with E-state index < -0.39 is 12.1 Å². The van der Waals surface area contributed by atoms with E-state index in [2.05, 4.69) is 5.32 Å². The first kappa shape index (κ1) is 11.7. The highest BCUT2D eigenvalue weighted by molar-refractivity contribution is 5.74. The lowest BCUT2D eigenvalue weighted by atomic mass is 10.1. The van der Waals surface area contributed by atoms with Gasteiger partial charge in [0.15, 0.2) is 6.10 Å². The number of likely N-dealkylation sites (N-methyl/N-ethyl adjacent to an activating group) is 1. The van der Waals surface area contributed by atoms with Crippen LogP contribution in [-0.4, -0.2) is 31.3 Å². The van der Waals surface area contributed by atoms with Crippen molar-refractivity contribution in [2.24, 2.45) is 0 Å². The smallest absolute Gasteiger partial charge is 0.337 e. The molecule has 0 fully saturated rings. The number of carboxylic acid groups (broad SMARTS) is 1. The Kier molecular flexibility index (Phi) is 4.80. The minimum Gasteiger partial charge on any atom is -0.479 e. The summed E-state index contributed by atoms with van der Waals surface area (Å²) in [7, 11) is 1.79. The lowest BCUT2D eigenvalue weighted by Gasteiger charge is -2.13. The third-order valence-electron chi connectivity index (χ3n) is 1.96. The second-order valence-corrected chi connectivity index (χ2v) is 3.10. The maximum Gasteiger partial charge on any atom is 0.337 e. The summed E-state index contributed by atoms with van der Waals surface area (Å²) < 4.78 is 5.27. The molecule has 0 saturated heterocycles. The van der Waals surface area contributed by atoms with E-state index >= 15 is 0 Å². The van der Waals surface area contributed by atoms with E-state index in [0.717, 1.165) is 0 Å². The summed E-state index contributed by atoms with van der Waals surface area (Å²) in [5.41, 5.74) is 0.668. The molecule has 0 aromatic heterocycles. The number of ether oxygens (including phenoxy) is 1. The molecule has 15 heavy (non-hydrogen) atoms. The van der Waals surface area contributed by atoms with Gasteiger partial charge in [0.2, 0.25) is 0 Å². The lowest BCUT2D eigenvalue weighted by molar-refractivity contribution is -0.150. The third-order valence-corrected chi connectivity index (χ3v) is 1.96. The van der Waals surface area contributed by atoms with Gasteiger partial charge in [-0.2, -0.15) is 0 Å². The van der Waals surface area contributed by atoms with Gasteiger partial charge in [-0.15, -0.1) is 0 Å². The Morgan fingerprint density at radius 2 is 2.13 bits per heavy atom. The largest absolute Gasteiger partial charge is 0.479 e. The Balaban J connectivity index is 2.62. The molecule has 4 nitrogen and oxygen atoms in total. The van der Waals surface area contributed by atoms with Gasteiger partial charge in [0.05, 0.1) is 6.61 Å². The molecule has 1 rings (SSSR count). The molecular formula is C11H15NO3. The van der Waals surface area contributed by atoms with Crippen LogP contribution >= 0.6 is 0 Å². The van der Waals surface area contributed by atoms with Gasteiger partial charge in [-0.1, -0.05) is 30.3 Å². The van der Waals surface area contributed by atoms with Crippen molar-refractivity contribution in [3.05, 3.63) is 35.9 Å². The molecule has 1 unspecified atom stereocenters. The number of nitrogens with one attached hydrogen (secondary N) is 1. The predicted molar refractivity (Wildman–Crippen MR) is 56.7 cm³/mol. The summed E-state index contributed by atoms with van der Waals surface area (Å²) >= 11 is 0. The molecule has 1 aromatic rings. The van der Waals surface area contributed by atoms with E-state index in [1.807, 2.05) is 6.07 Å². The van der Waals surface area contributed by atoms with Crippen LogP contribution in [0.5, 0.6) is 0 Å². The molecule has 1 aromatic carbocycles. The molecule has 0 saturated carbocycles. The average molecular weight is 209 g/mol. The summed E-state index contributed by atoms with van der Waals surface area (Å²) in [5, 5.41) is 11.9.